The summed E-state index contributed by atoms with van der Waals surface area (Å²) in [5.74, 6) is -1.98. The summed E-state index contributed by atoms with van der Waals surface area (Å²) in [4.78, 5) is 4.34. The van der Waals surface area contributed by atoms with Crippen LogP contribution < -0.4 is 5.73 Å². The highest BCUT2D eigenvalue weighted by atomic mass is 35.5. The molecular weight excluding hydrogens is 496 g/mol. The molecule has 0 saturated carbocycles. The van der Waals surface area contributed by atoms with E-state index in [-0.39, 0.29) is 26.2 Å². The molecule has 174 valence electrons. The minimum atomic E-state index is -4.60. The van der Waals surface area contributed by atoms with Crippen molar-refractivity contribution >= 4 is 59.2 Å². The van der Waals surface area contributed by atoms with Crippen LogP contribution in [-0.2, 0) is 0 Å². The maximum Gasteiger partial charge on any atom is 0.399 e. The van der Waals surface area contributed by atoms with Crippen LogP contribution in [0.5, 0.6) is 0 Å². The molecule has 0 bridgehead atoms. The molecule has 1 unspecified atom stereocenters. The highest BCUT2D eigenvalue weighted by molar-refractivity contribution is 6.48. The SMILES string of the molecule is CCC[N+](C=Nc1c(C)cc(C=CC(c2cc(Cl)c(Cl)c(Cl)c2)C(F)(F)F)cc1C#N)=CN. The Morgan fingerprint density at radius 1 is 1.18 bits per heavy atom. The summed E-state index contributed by atoms with van der Waals surface area (Å²) in [6.45, 7) is 4.36. The van der Waals surface area contributed by atoms with Gasteiger partial charge in [0.15, 0.2) is 12.0 Å². The second kappa shape index (κ2) is 11.6. The molecule has 1 atom stereocenters. The van der Waals surface area contributed by atoms with Crippen LogP contribution >= 0.6 is 34.8 Å². The summed E-state index contributed by atoms with van der Waals surface area (Å²) in [5.41, 5.74) is 7.09. The topological polar surface area (TPSA) is 65.2 Å². The first-order valence-corrected chi connectivity index (χ1v) is 10.9. The van der Waals surface area contributed by atoms with Gasteiger partial charge in [0.25, 0.3) is 0 Å². The third-order valence-electron chi connectivity index (χ3n) is 4.65. The molecule has 0 aliphatic heterocycles. The maximum absolute atomic E-state index is 13.8. The van der Waals surface area contributed by atoms with Crippen molar-refractivity contribution in [1.29, 1.82) is 5.26 Å². The summed E-state index contributed by atoms with van der Waals surface area (Å²) < 4.78 is 43.0. The van der Waals surface area contributed by atoms with E-state index in [0.717, 1.165) is 24.6 Å². The van der Waals surface area contributed by atoms with Crippen LogP contribution in [0.1, 0.15) is 41.5 Å². The molecule has 4 nitrogen and oxygen atoms in total. The van der Waals surface area contributed by atoms with E-state index in [4.69, 9.17) is 40.5 Å². The molecule has 0 aliphatic carbocycles. The second-order valence-electron chi connectivity index (χ2n) is 7.15. The van der Waals surface area contributed by atoms with Gasteiger partial charge in [-0.15, -0.1) is 4.99 Å². The van der Waals surface area contributed by atoms with Crippen molar-refractivity contribution in [3.8, 4) is 6.07 Å². The average Bonchev–Trinajstić information content (AvgIpc) is 2.74. The van der Waals surface area contributed by atoms with Crippen molar-refractivity contribution in [2.75, 3.05) is 6.54 Å². The van der Waals surface area contributed by atoms with Crippen LogP contribution in [0.3, 0.4) is 0 Å². The zero-order chi connectivity index (χ0) is 24.8. The number of hydrogen-bond donors (Lipinski definition) is 1. The van der Waals surface area contributed by atoms with Gasteiger partial charge in [-0.3, -0.25) is 0 Å². The third-order valence-corrected chi connectivity index (χ3v) is 5.85. The molecular formula is C23H21Cl3F3N4+. The first-order valence-electron chi connectivity index (χ1n) is 9.80. The second-order valence-corrected chi connectivity index (χ2v) is 8.35. The van der Waals surface area contributed by atoms with Crippen molar-refractivity contribution in [2.24, 2.45) is 10.7 Å². The van der Waals surface area contributed by atoms with Crippen LogP contribution in [0.15, 0.2) is 35.3 Å². The Hall–Kier alpha value is -2.53. The molecule has 0 aromatic heterocycles. The van der Waals surface area contributed by atoms with E-state index < -0.39 is 12.1 Å². The van der Waals surface area contributed by atoms with Crippen molar-refractivity contribution in [2.45, 2.75) is 32.4 Å². The third kappa shape index (κ3) is 6.97. The summed E-state index contributed by atoms with van der Waals surface area (Å²) in [5, 5.41) is 9.40. The Balaban J connectivity index is 2.46. The number of aliphatic imine (C=N–C) groups is 1. The smallest absolute Gasteiger partial charge is 0.325 e. The van der Waals surface area contributed by atoms with Gasteiger partial charge in [0.2, 0.25) is 6.34 Å². The van der Waals surface area contributed by atoms with Gasteiger partial charge >= 0.3 is 6.18 Å². The highest BCUT2D eigenvalue weighted by Crippen LogP contribution is 2.41. The standard InChI is InChI=1S/C23H20Cl3F3N4/c1-3-6-33(12-31)13-32-22-14(2)7-15(8-17(22)11-30)4-5-18(23(27,28)29)16-9-19(24)21(26)20(25)10-16/h4-5,7-10,12-13,18,31H,3,6H2,1-2H3/p+1. The molecule has 2 rings (SSSR count). The maximum atomic E-state index is 13.8. The molecule has 0 saturated heterocycles. The minimum Gasteiger partial charge on any atom is -0.325 e. The predicted octanol–water partition coefficient (Wildman–Crippen LogP) is 7.26. The monoisotopic (exact) mass is 515 g/mol. The van der Waals surface area contributed by atoms with Crippen molar-refractivity contribution < 1.29 is 17.7 Å². The van der Waals surface area contributed by atoms with Gasteiger partial charge in [-0.05, 0) is 54.3 Å². The van der Waals surface area contributed by atoms with Gasteiger partial charge in [-0.2, -0.15) is 18.4 Å². The molecule has 0 heterocycles. The molecule has 10 heteroatoms. The van der Waals surface area contributed by atoms with Gasteiger partial charge in [0.1, 0.15) is 6.07 Å². The van der Waals surface area contributed by atoms with E-state index in [1.54, 1.807) is 17.6 Å². The fourth-order valence-corrected chi connectivity index (χ4v) is 3.71. The van der Waals surface area contributed by atoms with E-state index >= 15 is 0 Å². The van der Waals surface area contributed by atoms with Gasteiger partial charge in [0.05, 0.1) is 33.1 Å². The van der Waals surface area contributed by atoms with E-state index in [1.165, 1.54) is 24.8 Å². The Labute approximate surface area is 205 Å². The number of nitriles is 1. The molecule has 0 fully saturated rings. The number of alkyl halides is 3. The number of allylic oxidation sites excluding steroid dienone is 1. The lowest BCUT2D eigenvalue weighted by Gasteiger charge is -2.18. The Bertz CT molecular complexity index is 1130. The van der Waals surface area contributed by atoms with Gasteiger partial charge in [-0.1, -0.05) is 53.9 Å². The minimum absolute atomic E-state index is 0.0119. The summed E-state index contributed by atoms with van der Waals surface area (Å²) >= 11 is 17.7. The predicted molar refractivity (Wildman–Crippen MR) is 129 cm³/mol. The number of benzene rings is 2. The fraction of sp³-hybridized carbons (Fsp3) is 0.261. The molecule has 0 amide bonds. The number of nitrogens with two attached hydrogens (primary N) is 1. The van der Waals surface area contributed by atoms with Crippen LogP contribution in [0.25, 0.3) is 6.08 Å². The molecule has 2 N–H and O–H groups in total. The summed E-state index contributed by atoms with van der Waals surface area (Å²) in [6, 6.07) is 7.44. The zero-order valence-electron chi connectivity index (χ0n) is 17.8. The lowest BCUT2D eigenvalue weighted by molar-refractivity contribution is -0.394. The molecule has 2 aromatic carbocycles. The van der Waals surface area contributed by atoms with E-state index in [0.29, 0.717) is 23.4 Å². The number of nitrogens with zero attached hydrogens (tertiary/aromatic N) is 3. The normalized spacial score (nSPS) is 13.6. The quantitative estimate of drug-likeness (QED) is 0.182. The number of halogens is 6. The zero-order valence-corrected chi connectivity index (χ0v) is 20.1. The highest BCUT2D eigenvalue weighted by Gasteiger charge is 2.39. The molecule has 33 heavy (non-hydrogen) atoms. The molecule has 2 aromatic rings. The van der Waals surface area contributed by atoms with Crippen LogP contribution in [-0.4, -0.2) is 30.0 Å². The number of rotatable bonds is 7. The van der Waals surface area contributed by atoms with Gasteiger partial charge < -0.3 is 5.73 Å². The van der Waals surface area contributed by atoms with E-state index in [2.05, 4.69) is 4.99 Å². The summed E-state index contributed by atoms with van der Waals surface area (Å²) in [6.07, 6.45) is 1.41. The average molecular weight is 517 g/mol. The van der Waals surface area contributed by atoms with Crippen LogP contribution in [0, 0.1) is 18.3 Å². The Morgan fingerprint density at radius 3 is 2.33 bits per heavy atom. The Morgan fingerprint density at radius 2 is 1.82 bits per heavy atom. The largest absolute Gasteiger partial charge is 0.399 e. The molecule has 0 aliphatic rings. The van der Waals surface area contributed by atoms with Gasteiger partial charge in [-0.25, -0.2) is 4.58 Å². The lowest BCUT2D eigenvalue weighted by Crippen LogP contribution is -2.19. The van der Waals surface area contributed by atoms with Crippen LogP contribution in [0.4, 0.5) is 18.9 Å². The first kappa shape index (κ1) is 26.7. The van der Waals surface area contributed by atoms with Crippen LogP contribution in [0.2, 0.25) is 15.1 Å². The number of hydrogen-bond acceptors (Lipinski definition) is 2. The molecule has 0 spiro atoms. The molecule has 0 radical (unpaired) electrons. The Kier molecular flexibility index (Phi) is 9.35. The lowest BCUT2D eigenvalue weighted by atomic mass is 9.96. The van der Waals surface area contributed by atoms with E-state index in [9.17, 15) is 18.4 Å². The van der Waals surface area contributed by atoms with Gasteiger partial charge in [0, 0.05) is 0 Å². The first-order chi connectivity index (χ1) is 15.5. The van der Waals surface area contributed by atoms with Crippen molar-refractivity contribution in [3.05, 3.63) is 67.7 Å². The summed E-state index contributed by atoms with van der Waals surface area (Å²) in [7, 11) is 0. The van der Waals surface area contributed by atoms with Crippen molar-refractivity contribution in [3.63, 3.8) is 0 Å². The van der Waals surface area contributed by atoms with Crippen molar-refractivity contribution in [1.82, 2.24) is 0 Å². The number of aryl methyl sites for hydroxylation is 1. The fourth-order valence-electron chi connectivity index (χ4n) is 3.09. The van der Waals surface area contributed by atoms with E-state index in [1.807, 2.05) is 13.0 Å².